The van der Waals surface area contributed by atoms with Crippen molar-refractivity contribution in [1.29, 1.82) is 0 Å². The van der Waals surface area contributed by atoms with Gasteiger partial charge in [-0.1, -0.05) is 11.6 Å². The highest BCUT2D eigenvalue weighted by atomic mass is 35.5. The molecule has 6 heteroatoms. The van der Waals surface area contributed by atoms with Crippen molar-refractivity contribution in [2.24, 2.45) is 0 Å². The fourth-order valence-corrected chi connectivity index (χ4v) is 2.34. The van der Waals surface area contributed by atoms with Crippen molar-refractivity contribution >= 4 is 28.2 Å². The fraction of sp³-hybridized carbons (Fsp3) is 0.308. The van der Waals surface area contributed by atoms with Crippen LogP contribution in [0.2, 0.25) is 5.15 Å². The first kappa shape index (κ1) is 12.2. The van der Waals surface area contributed by atoms with Crippen molar-refractivity contribution in [2.45, 2.75) is 26.3 Å². The highest BCUT2D eigenvalue weighted by Crippen LogP contribution is 2.23. The standard InChI is InChI=1S/C13H13ClN4O/c1-13(2,3)17-7-8-9(6-11(17)19)18-10(4-5-15-18)16-12(8)14/h4-7H,1-3H3. The number of hydrogen-bond acceptors (Lipinski definition) is 3. The van der Waals surface area contributed by atoms with Gasteiger partial charge in [-0.25, -0.2) is 9.50 Å². The predicted octanol–water partition coefficient (Wildman–Crippen LogP) is 2.45. The van der Waals surface area contributed by atoms with E-state index in [9.17, 15) is 4.79 Å². The normalized spacial score (nSPS) is 12.4. The Labute approximate surface area is 114 Å². The molecular formula is C13H13ClN4O. The minimum atomic E-state index is -0.312. The summed E-state index contributed by atoms with van der Waals surface area (Å²) < 4.78 is 3.27. The largest absolute Gasteiger partial charge is 0.309 e. The fourth-order valence-electron chi connectivity index (χ4n) is 2.11. The van der Waals surface area contributed by atoms with E-state index >= 15 is 0 Å². The van der Waals surface area contributed by atoms with Crippen molar-refractivity contribution in [2.75, 3.05) is 0 Å². The van der Waals surface area contributed by atoms with Gasteiger partial charge >= 0.3 is 0 Å². The van der Waals surface area contributed by atoms with Crippen molar-refractivity contribution in [3.8, 4) is 0 Å². The van der Waals surface area contributed by atoms with E-state index in [-0.39, 0.29) is 11.1 Å². The van der Waals surface area contributed by atoms with E-state index in [2.05, 4.69) is 10.1 Å². The van der Waals surface area contributed by atoms with Gasteiger partial charge in [0.15, 0.2) is 5.65 Å². The molecular weight excluding hydrogens is 264 g/mol. The summed E-state index contributed by atoms with van der Waals surface area (Å²) in [4.78, 5) is 16.5. The molecule has 3 rings (SSSR count). The van der Waals surface area contributed by atoms with Gasteiger partial charge in [0.25, 0.3) is 5.56 Å². The third-order valence-electron chi connectivity index (χ3n) is 3.04. The minimum absolute atomic E-state index is 0.0842. The molecule has 0 aliphatic heterocycles. The van der Waals surface area contributed by atoms with Gasteiger partial charge in [-0.2, -0.15) is 5.10 Å². The lowest BCUT2D eigenvalue weighted by Crippen LogP contribution is -2.33. The summed E-state index contributed by atoms with van der Waals surface area (Å²) in [5, 5.41) is 5.26. The SMILES string of the molecule is CC(C)(C)n1cc2c(Cl)nc3ccnn3c2cc1=O. The Morgan fingerprint density at radius 2 is 2.05 bits per heavy atom. The molecule has 5 nitrogen and oxygen atoms in total. The van der Waals surface area contributed by atoms with E-state index < -0.39 is 0 Å². The second-order valence-corrected chi connectivity index (χ2v) is 5.81. The highest BCUT2D eigenvalue weighted by molar-refractivity contribution is 6.34. The summed E-state index contributed by atoms with van der Waals surface area (Å²) in [6.07, 6.45) is 3.38. The van der Waals surface area contributed by atoms with Gasteiger partial charge in [-0.3, -0.25) is 4.79 Å². The smallest absolute Gasteiger partial charge is 0.253 e. The molecule has 0 atom stereocenters. The van der Waals surface area contributed by atoms with Gasteiger partial charge in [0.2, 0.25) is 0 Å². The molecule has 0 radical (unpaired) electrons. The first-order valence-corrected chi connectivity index (χ1v) is 6.32. The third-order valence-corrected chi connectivity index (χ3v) is 3.33. The molecule has 0 spiro atoms. The van der Waals surface area contributed by atoms with Gasteiger partial charge in [-0.15, -0.1) is 0 Å². The molecule has 0 bridgehead atoms. The quantitative estimate of drug-likeness (QED) is 0.593. The molecule has 0 amide bonds. The zero-order chi connectivity index (χ0) is 13.8. The second-order valence-electron chi connectivity index (χ2n) is 5.46. The average Bonchev–Trinajstić information content (AvgIpc) is 2.75. The Morgan fingerprint density at radius 3 is 2.74 bits per heavy atom. The minimum Gasteiger partial charge on any atom is -0.309 e. The van der Waals surface area contributed by atoms with E-state index in [0.29, 0.717) is 21.7 Å². The number of pyridine rings is 1. The highest BCUT2D eigenvalue weighted by Gasteiger charge is 2.17. The van der Waals surface area contributed by atoms with Crippen molar-refractivity contribution in [3.63, 3.8) is 0 Å². The van der Waals surface area contributed by atoms with Gasteiger partial charge in [-0.05, 0) is 20.8 Å². The van der Waals surface area contributed by atoms with Crippen LogP contribution >= 0.6 is 11.6 Å². The maximum Gasteiger partial charge on any atom is 0.253 e. The number of halogens is 1. The number of aromatic nitrogens is 4. The molecule has 0 aliphatic carbocycles. The molecule has 3 aromatic rings. The predicted molar refractivity (Wildman–Crippen MR) is 74.8 cm³/mol. The first-order valence-electron chi connectivity index (χ1n) is 5.94. The van der Waals surface area contributed by atoms with Gasteiger partial charge in [0.05, 0.1) is 17.1 Å². The van der Waals surface area contributed by atoms with E-state index in [4.69, 9.17) is 11.6 Å². The monoisotopic (exact) mass is 276 g/mol. The lowest BCUT2D eigenvalue weighted by atomic mass is 10.1. The van der Waals surface area contributed by atoms with Crippen LogP contribution in [0.15, 0.2) is 29.3 Å². The molecule has 0 fully saturated rings. The second kappa shape index (κ2) is 3.81. The molecule has 0 saturated carbocycles. The zero-order valence-corrected chi connectivity index (χ0v) is 11.6. The van der Waals surface area contributed by atoms with Gasteiger partial charge in [0.1, 0.15) is 5.15 Å². The van der Waals surface area contributed by atoms with Gasteiger partial charge < -0.3 is 4.57 Å². The summed E-state index contributed by atoms with van der Waals surface area (Å²) in [5.41, 5.74) is 0.906. The van der Waals surface area contributed by atoms with Crippen LogP contribution in [0.4, 0.5) is 0 Å². The Morgan fingerprint density at radius 1 is 1.32 bits per heavy atom. The maximum absolute atomic E-state index is 12.2. The molecule has 0 unspecified atom stereocenters. The molecule has 0 aromatic carbocycles. The number of fused-ring (bicyclic) bond motifs is 3. The Bertz CT molecular complexity index is 841. The Balaban J connectivity index is 2.51. The first-order chi connectivity index (χ1) is 8.88. The summed E-state index contributed by atoms with van der Waals surface area (Å²) in [7, 11) is 0. The topological polar surface area (TPSA) is 52.2 Å². The van der Waals surface area contributed by atoms with E-state index in [0.717, 1.165) is 0 Å². The summed E-state index contributed by atoms with van der Waals surface area (Å²) in [5.74, 6) is 0. The maximum atomic E-state index is 12.2. The van der Waals surface area contributed by atoms with Gasteiger partial charge in [0, 0.05) is 23.9 Å². The Hall–Kier alpha value is -1.88. The summed E-state index contributed by atoms with van der Waals surface area (Å²) in [6, 6.07) is 3.30. The van der Waals surface area contributed by atoms with Crippen molar-refractivity contribution < 1.29 is 0 Å². The molecule has 3 aromatic heterocycles. The van der Waals surface area contributed by atoms with Crippen LogP contribution in [-0.4, -0.2) is 19.2 Å². The molecule has 98 valence electrons. The van der Waals surface area contributed by atoms with Crippen LogP contribution in [0.1, 0.15) is 20.8 Å². The van der Waals surface area contributed by atoms with Crippen molar-refractivity contribution in [3.05, 3.63) is 40.0 Å². The number of nitrogens with zero attached hydrogens (tertiary/aromatic N) is 4. The van der Waals surface area contributed by atoms with Crippen LogP contribution in [0.5, 0.6) is 0 Å². The van der Waals surface area contributed by atoms with Crippen LogP contribution in [0.3, 0.4) is 0 Å². The van der Waals surface area contributed by atoms with Crippen LogP contribution < -0.4 is 5.56 Å². The van der Waals surface area contributed by atoms with E-state index in [1.165, 1.54) is 0 Å². The molecule has 19 heavy (non-hydrogen) atoms. The molecule has 0 aliphatic rings. The third kappa shape index (κ3) is 1.81. The zero-order valence-electron chi connectivity index (χ0n) is 10.9. The average molecular weight is 277 g/mol. The van der Waals surface area contributed by atoms with Crippen LogP contribution in [-0.2, 0) is 5.54 Å². The lowest BCUT2D eigenvalue weighted by Gasteiger charge is -2.22. The van der Waals surface area contributed by atoms with Crippen molar-refractivity contribution in [1.82, 2.24) is 19.2 Å². The Kier molecular flexibility index (Phi) is 2.44. The summed E-state index contributed by atoms with van der Waals surface area (Å²) in [6.45, 7) is 5.90. The summed E-state index contributed by atoms with van der Waals surface area (Å²) >= 11 is 6.20. The lowest BCUT2D eigenvalue weighted by molar-refractivity contribution is 0.386. The molecule has 0 N–H and O–H groups in total. The van der Waals surface area contributed by atoms with E-state index in [1.807, 2.05) is 20.8 Å². The number of rotatable bonds is 0. The van der Waals surface area contributed by atoms with Crippen LogP contribution in [0.25, 0.3) is 16.6 Å². The number of hydrogen-bond donors (Lipinski definition) is 0. The molecule has 3 heterocycles. The molecule has 0 saturated heterocycles. The van der Waals surface area contributed by atoms with Crippen LogP contribution in [0, 0.1) is 0 Å². The van der Waals surface area contributed by atoms with E-state index in [1.54, 1.807) is 33.6 Å².